The Morgan fingerprint density at radius 1 is 1.14 bits per heavy atom. The fraction of sp³-hybridized carbons (Fsp3) is 0.0769. The summed E-state index contributed by atoms with van der Waals surface area (Å²) >= 11 is 0. The molecule has 0 aliphatic rings. The van der Waals surface area contributed by atoms with Crippen LogP contribution in [0.4, 0.5) is 18.9 Å². The van der Waals surface area contributed by atoms with E-state index in [0.717, 1.165) is 12.1 Å². The van der Waals surface area contributed by atoms with E-state index in [1.807, 2.05) is 5.32 Å². The van der Waals surface area contributed by atoms with Gasteiger partial charge in [0.2, 0.25) is 0 Å². The Labute approximate surface area is 121 Å². The molecule has 0 aliphatic heterocycles. The van der Waals surface area contributed by atoms with E-state index in [0.29, 0.717) is 6.07 Å². The maximum atomic E-state index is 12.9. The average molecular weight is 306 g/mol. The second kappa shape index (κ2) is 6.29. The normalized spacial score (nSPS) is 9.82. The Morgan fingerprint density at radius 2 is 1.73 bits per heavy atom. The number of rotatable bonds is 3. The van der Waals surface area contributed by atoms with Gasteiger partial charge in [-0.15, -0.1) is 0 Å². The quantitative estimate of drug-likeness (QED) is 0.828. The van der Waals surface area contributed by atoms with Crippen molar-refractivity contribution < 1.29 is 23.1 Å². The third-order valence-electron chi connectivity index (χ3n) is 2.42. The molecule has 0 radical (unpaired) electrons. The lowest BCUT2D eigenvalue weighted by molar-refractivity contribution is -0.136. The summed E-state index contributed by atoms with van der Waals surface area (Å²) in [6, 6.07) is 6.23. The number of nitrogens with zero attached hydrogens (tertiary/aromatic N) is 3. The third kappa shape index (κ3) is 3.53. The zero-order valence-corrected chi connectivity index (χ0v) is 10.6. The van der Waals surface area contributed by atoms with Crippen LogP contribution in [0, 0.1) is 34.0 Å². The number of nitrogens with one attached hydrogen (secondary N) is 1. The Kier molecular flexibility index (Phi) is 4.73. The van der Waals surface area contributed by atoms with Gasteiger partial charge in [-0.3, -0.25) is 0 Å². The average Bonchev–Trinajstić information content (AvgIpc) is 2.46. The molecule has 110 valence electrons. The van der Waals surface area contributed by atoms with Crippen LogP contribution in [0.3, 0.4) is 0 Å². The maximum Gasteiger partial charge on any atom is 0.418 e. The van der Waals surface area contributed by atoms with E-state index in [1.54, 1.807) is 0 Å². The van der Waals surface area contributed by atoms with Crippen molar-refractivity contribution in [2.75, 3.05) is 5.32 Å². The molecule has 22 heavy (non-hydrogen) atoms. The molecule has 2 N–H and O–H groups in total. The minimum absolute atomic E-state index is 0.387. The number of halogens is 3. The van der Waals surface area contributed by atoms with Crippen LogP contribution >= 0.6 is 0 Å². The highest BCUT2D eigenvalue weighted by molar-refractivity contribution is 5.88. The predicted molar refractivity (Wildman–Crippen MR) is 65.9 cm³/mol. The number of hydrogen-bond acceptors (Lipinski definition) is 5. The van der Waals surface area contributed by atoms with Crippen LogP contribution in [-0.2, 0) is 6.18 Å². The van der Waals surface area contributed by atoms with Crippen molar-refractivity contribution in [1.82, 2.24) is 0 Å². The first-order valence-electron chi connectivity index (χ1n) is 5.40. The minimum Gasteiger partial charge on any atom is -0.478 e. The molecule has 0 bridgehead atoms. The number of nitriles is 3. The number of carbonyl (C=O) groups is 1. The van der Waals surface area contributed by atoms with Crippen molar-refractivity contribution in [2.45, 2.75) is 6.18 Å². The van der Waals surface area contributed by atoms with Crippen LogP contribution in [0.5, 0.6) is 0 Å². The Bertz CT molecular complexity index is 760. The van der Waals surface area contributed by atoms with Gasteiger partial charge in [0.25, 0.3) is 0 Å². The van der Waals surface area contributed by atoms with Crippen LogP contribution in [0.1, 0.15) is 15.9 Å². The van der Waals surface area contributed by atoms with Gasteiger partial charge in [-0.05, 0) is 18.2 Å². The van der Waals surface area contributed by atoms with Gasteiger partial charge in [-0.25, -0.2) is 4.79 Å². The van der Waals surface area contributed by atoms with E-state index >= 15 is 0 Å². The van der Waals surface area contributed by atoms with Crippen LogP contribution in [0.25, 0.3) is 0 Å². The summed E-state index contributed by atoms with van der Waals surface area (Å²) in [5.41, 5.74) is -3.94. The molecule has 6 nitrogen and oxygen atoms in total. The van der Waals surface area contributed by atoms with Gasteiger partial charge in [0.05, 0.1) is 16.8 Å². The molecular weight excluding hydrogens is 301 g/mol. The lowest BCUT2D eigenvalue weighted by Gasteiger charge is -2.14. The molecule has 0 amide bonds. The summed E-state index contributed by atoms with van der Waals surface area (Å²) in [5, 5.41) is 36.8. The summed E-state index contributed by atoms with van der Waals surface area (Å²) in [6.07, 6.45) is -4.90. The van der Waals surface area contributed by atoms with Gasteiger partial charge in [0.1, 0.15) is 23.9 Å². The van der Waals surface area contributed by atoms with Crippen LogP contribution in [-0.4, -0.2) is 11.1 Å². The third-order valence-corrected chi connectivity index (χ3v) is 2.42. The number of aromatic carboxylic acids is 1. The van der Waals surface area contributed by atoms with E-state index in [2.05, 4.69) is 0 Å². The fourth-order valence-electron chi connectivity index (χ4n) is 1.44. The fourth-order valence-corrected chi connectivity index (χ4v) is 1.44. The van der Waals surface area contributed by atoms with E-state index in [-0.39, 0.29) is 0 Å². The first kappa shape index (κ1) is 16.5. The molecule has 9 heteroatoms. The monoisotopic (exact) mass is 306 g/mol. The molecule has 0 atom stereocenters. The van der Waals surface area contributed by atoms with Crippen molar-refractivity contribution >= 4 is 11.7 Å². The summed E-state index contributed by atoms with van der Waals surface area (Å²) in [6.45, 7) is 0. The first-order valence-corrected chi connectivity index (χ1v) is 5.40. The summed E-state index contributed by atoms with van der Waals surface area (Å²) < 4.78 is 38.8. The largest absolute Gasteiger partial charge is 0.478 e. The number of alkyl halides is 3. The van der Waals surface area contributed by atoms with Gasteiger partial charge in [-0.1, -0.05) is 0 Å². The predicted octanol–water partition coefficient (Wildman–Crippen LogP) is 2.64. The SMILES string of the molecule is N#CC(C#N)=C(C#N)Nc1ccc(C(=O)O)cc1C(F)(F)F. The minimum atomic E-state index is -4.90. The van der Waals surface area contributed by atoms with Crippen LogP contribution in [0.2, 0.25) is 0 Å². The Balaban J connectivity index is 3.48. The molecule has 0 fully saturated rings. The second-order valence-electron chi connectivity index (χ2n) is 3.77. The van der Waals surface area contributed by atoms with Gasteiger partial charge in [-0.2, -0.15) is 29.0 Å². The number of hydrogen-bond donors (Lipinski definition) is 2. The van der Waals surface area contributed by atoms with Crippen molar-refractivity contribution in [2.24, 2.45) is 0 Å². The van der Waals surface area contributed by atoms with Gasteiger partial charge in [0.15, 0.2) is 5.57 Å². The van der Waals surface area contributed by atoms with Crippen LogP contribution < -0.4 is 5.32 Å². The zero-order chi connectivity index (χ0) is 16.9. The number of carboxylic acid groups (broad SMARTS) is 1. The highest BCUT2D eigenvalue weighted by Gasteiger charge is 2.34. The molecule has 0 spiro atoms. The number of carboxylic acids is 1. The van der Waals surface area contributed by atoms with Crippen molar-refractivity contribution in [1.29, 1.82) is 15.8 Å². The molecule has 0 saturated heterocycles. The number of anilines is 1. The van der Waals surface area contributed by atoms with E-state index in [1.165, 1.54) is 18.2 Å². The summed E-state index contributed by atoms with van der Waals surface area (Å²) in [5.74, 6) is -1.55. The smallest absolute Gasteiger partial charge is 0.418 e. The molecule has 1 aromatic carbocycles. The van der Waals surface area contributed by atoms with Crippen LogP contribution in [0.15, 0.2) is 29.5 Å². The molecule has 1 rings (SSSR count). The Hall–Kier alpha value is -3.51. The molecule has 0 unspecified atom stereocenters. The molecule has 0 aromatic heterocycles. The summed E-state index contributed by atoms with van der Waals surface area (Å²) in [4.78, 5) is 10.7. The highest BCUT2D eigenvalue weighted by atomic mass is 19.4. The highest BCUT2D eigenvalue weighted by Crippen LogP contribution is 2.36. The standard InChI is InChI=1S/C13H5F3N4O2/c14-13(15,16)9-3-7(12(21)22)1-2-10(9)20-11(6-19)8(4-17)5-18/h1-3,20H,(H,21,22). The van der Waals surface area contributed by atoms with Gasteiger partial charge >= 0.3 is 12.1 Å². The topological polar surface area (TPSA) is 121 Å². The van der Waals surface area contributed by atoms with E-state index in [4.69, 9.17) is 20.9 Å². The molecule has 1 aromatic rings. The Morgan fingerprint density at radius 3 is 2.14 bits per heavy atom. The molecule has 0 heterocycles. The lowest BCUT2D eigenvalue weighted by Crippen LogP contribution is -2.13. The lowest BCUT2D eigenvalue weighted by atomic mass is 10.1. The van der Waals surface area contributed by atoms with Crippen molar-refractivity contribution in [3.05, 3.63) is 40.6 Å². The molecule has 0 saturated carbocycles. The van der Waals surface area contributed by atoms with Gasteiger partial charge < -0.3 is 10.4 Å². The second-order valence-corrected chi connectivity index (χ2v) is 3.77. The number of allylic oxidation sites excluding steroid dienone is 2. The van der Waals surface area contributed by atoms with Gasteiger partial charge in [0, 0.05) is 0 Å². The summed E-state index contributed by atoms with van der Waals surface area (Å²) in [7, 11) is 0. The van der Waals surface area contributed by atoms with Crippen molar-refractivity contribution in [3.8, 4) is 18.2 Å². The van der Waals surface area contributed by atoms with Crippen molar-refractivity contribution in [3.63, 3.8) is 0 Å². The van der Waals surface area contributed by atoms with E-state index < -0.39 is 40.2 Å². The van der Waals surface area contributed by atoms with E-state index in [9.17, 15) is 18.0 Å². The molecular formula is C13H5F3N4O2. The number of benzene rings is 1. The first-order chi connectivity index (χ1) is 10.2. The zero-order valence-electron chi connectivity index (χ0n) is 10.6. The maximum absolute atomic E-state index is 12.9. The molecule has 0 aliphatic carbocycles.